The second-order valence-corrected chi connectivity index (χ2v) is 3.44. The van der Waals surface area contributed by atoms with Crippen LogP contribution in [0.3, 0.4) is 0 Å². The minimum Gasteiger partial charge on any atom is -0.489 e. The molecular weight excluding hydrogens is 320 g/mol. The lowest BCUT2D eigenvalue weighted by Crippen LogP contribution is -2.53. The first-order valence-corrected chi connectivity index (χ1v) is 5.37. The predicted octanol–water partition coefficient (Wildman–Crippen LogP) is 3.60. The molecule has 0 fully saturated rings. The van der Waals surface area contributed by atoms with Gasteiger partial charge < -0.3 is 9.47 Å². The van der Waals surface area contributed by atoms with Crippen molar-refractivity contribution in [1.29, 1.82) is 0 Å². The Bertz CT molecular complexity index is 413. The summed E-state index contributed by atoms with van der Waals surface area (Å²) in [5.74, 6) is -20.3. The van der Waals surface area contributed by atoms with E-state index < -0.39 is 48.8 Å². The van der Waals surface area contributed by atoms with Crippen LogP contribution in [0.4, 0.5) is 35.1 Å². The summed E-state index contributed by atoms with van der Waals surface area (Å²) in [6.45, 7) is 0.646. The Morgan fingerprint density at radius 2 is 1.33 bits per heavy atom. The van der Waals surface area contributed by atoms with Gasteiger partial charge in [-0.3, -0.25) is 0 Å². The zero-order valence-corrected chi connectivity index (χ0v) is 10.7. The van der Waals surface area contributed by atoms with E-state index in [2.05, 4.69) is 9.47 Å². The highest BCUT2D eigenvalue weighted by Gasteiger charge is 2.76. The summed E-state index contributed by atoms with van der Waals surface area (Å²) in [6.07, 6.45) is -6.69. The number of allylic oxidation sites excluding steroid dienone is 1. The Morgan fingerprint density at radius 3 is 1.67 bits per heavy atom. The molecule has 0 saturated carbocycles. The lowest BCUT2D eigenvalue weighted by atomic mass is 10.1. The second-order valence-electron chi connectivity index (χ2n) is 3.44. The van der Waals surface area contributed by atoms with E-state index in [9.17, 15) is 39.9 Å². The first-order valence-electron chi connectivity index (χ1n) is 5.37. The highest BCUT2D eigenvalue weighted by atomic mass is 19.4. The SMILES string of the molecule is CCOC(=O)/C(F)=C(\OCC)C(F)(F)C(F)(F)C(F)(F)F. The van der Waals surface area contributed by atoms with E-state index in [1.165, 1.54) is 0 Å². The molecule has 0 aromatic heterocycles. The van der Waals surface area contributed by atoms with Gasteiger partial charge in [-0.05, 0) is 13.8 Å². The van der Waals surface area contributed by atoms with Crippen molar-refractivity contribution in [3.8, 4) is 0 Å². The predicted molar refractivity (Wildman–Crippen MR) is 52.3 cm³/mol. The Labute approximate surface area is 113 Å². The van der Waals surface area contributed by atoms with Gasteiger partial charge in [0.1, 0.15) is 0 Å². The zero-order valence-electron chi connectivity index (χ0n) is 10.7. The molecule has 0 bridgehead atoms. The van der Waals surface area contributed by atoms with Crippen LogP contribution < -0.4 is 0 Å². The number of hydrogen-bond acceptors (Lipinski definition) is 3. The van der Waals surface area contributed by atoms with Gasteiger partial charge in [0.15, 0.2) is 0 Å². The third kappa shape index (κ3) is 3.76. The Kier molecular flexibility index (Phi) is 6.00. The average Bonchev–Trinajstić information content (AvgIpc) is 2.33. The Hall–Kier alpha value is -1.55. The topological polar surface area (TPSA) is 35.5 Å². The number of halogens is 8. The molecule has 3 nitrogen and oxygen atoms in total. The molecule has 0 N–H and O–H groups in total. The zero-order chi connectivity index (χ0) is 17.1. The first-order chi connectivity index (χ1) is 9.34. The van der Waals surface area contributed by atoms with Crippen LogP contribution in [0, 0.1) is 0 Å². The maximum absolute atomic E-state index is 13.3. The smallest absolute Gasteiger partial charge is 0.460 e. The molecule has 0 amide bonds. The molecule has 0 aromatic rings. The second kappa shape index (κ2) is 6.48. The molecule has 124 valence electrons. The number of rotatable bonds is 6. The summed E-state index contributed by atoms with van der Waals surface area (Å²) < 4.78 is 109. The van der Waals surface area contributed by atoms with Crippen molar-refractivity contribution < 1.29 is 49.4 Å². The minimum absolute atomic E-state index is 0.521. The van der Waals surface area contributed by atoms with Gasteiger partial charge in [-0.2, -0.15) is 35.1 Å². The lowest BCUT2D eigenvalue weighted by Gasteiger charge is -2.29. The molecule has 0 heterocycles. The Morgan fingerprint density at radius 1 is 0.905 bits per heavy atom. The van der Waals surface area contributed by atoms with E-state index in [0.717, 1.165) is 13.8 Å². The molecule has 0 radical (unpaired) electrons. The highest BCUT2D eigenvalue weighted by Crippen LogP contribution is 2.50. The number of carbonyl (C=O) groups is 1. The molecular formula is C10H10F8O3. The van der Waals surface area contributed by atoms with Crippen molar-refractivity contribution in [2.45, 2.75) is 31.9 Å². The van der Waals surface area contributed by atoms with Crippen molar-refractivity contribution in [2.24, 2.45) is 0 Å². The standard InChI is InChI=1S/C10H10F8O3/c1-3-20-6(5(11)7(19)21-4-2)8(12,13)9(14,15)10(16,17)18/h3-4H2,1-2H3/b6-5+. The molecule has 0 spiro atoms. The quantitative estimate of drug-likeness (QED) is 0.323. The van der Waals surface area contributed by atoms with Crippen molar-refractivity contribution in [2.75, 3.05) is 13.2 Å². The van der Waals surface area contributed by atoms with Crippen LogP contribution in [-0.4, -0.2) is 37.2 Å². The van der Waals surface area contributed by atoms with Crippen molar-refractivity contribution in [1.82, 2.24) is 0 Å². The van der Waals surface area contributed by atoms with E-state index in [0.29, 0.717) is 0 Å². The van der Waals surface area contributed by atoms with Gasteiger partial charge >= 0.3 is 24.0 Å². The summed E-state index contributed by atoms with van der Waals surface area (Å²) in [7, 11) is 0. The van der Waals surface area contributed by atoms with Crippen LogP contribution in [0.5, 0.6) is 0 Å². The molecule has 11 heteroatoms. The molecule has 0 unspecified atom stereocenters. The molecule has 0 atom stereocenters. The minimum atomic E-state index is -6.69. The van der Waals surface area contributed by atoms with E-state index in [4.69, 9.17) is 0 Å². The molecule has 0 aliphatic carbocycles. The third-order valence-electron chi connectivity index (χ3n) is 1.98. The maximum atomic E-state index is 13.3. The van der Waals surface area contributed by atoms with Gasteiger partial charge in [0, 0.05) is 0 Å². The molecule has 0 aliphatic rings. The molecule has 0 rings (SSSR count). The van der Waals surface area contributed by atoms with E-state index in [1.807, 2.05) is 0 Å². The molecule has 0 aromatic carbocycles. The summed E-state index contributed by atoms with van der Waals surface area (Å²) in [4.78, 5) is 10.9. The van der Waals surface area contributed by atoms with Crippen molar-refractivity contribution in [3.63, 3.8) is 0 Å². The van der Waals surface area contributed by atoms with Crippen LogP contribution in [0.25, 0.3) is 0 Å². The average molecular weight is 330 g/mol. The largest absolute Gasteiger partial charge is 0.489 e. The fourth-order valence-electron chi connectivity index (χ4n) is 1.04. The van der Waals surface area contributed by atoms with Gasteiger partial charge in [-0.25, -0.2) is 4.79 Å². The van der Waals surface area contributed by atoms with Gasteiger partial charge in [0.2, 0.25) is 5.76 Å². The summed E-state index contributed by atoms with van der Waals surface area (Å²) in [5, 5.41) is 0. The lowest BCUT2D eigenvalue weighted by molar-refractivity contribution is -0.351. The van der Waals surface area contributed by atoms with Crippen LogP contribution >= 0.6 is 0 Å². The normalized spacial score (nSPS) is 14.6. The number of carbonyl (C=O) groups excluding carboxylic acids is 1. The third-order valence-corrected chi connectivity index (χ3v) is 1.98. The fraction of sp³-hybridized carbons (Fsp3) is 0.700. The van der Waals surface area contributed by atoms with Gasteiger partial charge in [0.05, 0.1) is 13.2 Å². The fourth-order valence-corrected chi connectivity index (χ4v) is 1.04. The van der Waals surface area contributed by atoms with Gasteiger partial charge in [-0.15, -0.1) is 0 Å². The van der Waals surface area contributed by atoms with Crippen molar-refractivity contribution >= 4 is 5.97 Å². The van der Waals surface area contributed by atoms with E-state index in [-0.39, 0.29) is 0 Å². The van der Waals surface area contributed by atoms with Crippen LogP contribution in [0.1, 0.15) is 13.8 Å². The number of esters is 1. The van der Waals surface area contributed by atoms with E-state index in [1.54, 1.807) is 0 Å². The van der Waals surface area contributed by atoms with Crippen LogP contribution in [0.2, 0.25) is 0 Å². The number of ether oxygens (including phenoxy) is 2. The molecule has 0 aliphatic heterocycles. The maximum Gasteiger partial charge on any atom is 0.460 e. The molecule has 0 saturated heterocycles. The van der Waals surface area contributed by atoms with Crippen LogP contribution in [-0.2, 0) is 14.3 Å². The summed E-state index contributed by atoms with van der Waals surface area (Å²) in [6, 6.07) is 0. The van der Waals surface area contributed by atoms with Crippen LogP contribution in [0.15, 0.2) is 11.6 Å². The summed E-state index contributed by atoms with van der Waals surface area (Å²) in [5.41, 5.74) is 0. The first kappa shape index (κ1) is 19.4. The van der Waals surface area contributed by atoms with Crippen molar-refractivity contribution in [3.05, 3.63) is 11.6 Å². The molecule has 21 heavy (non-hydrogen) atoms. The van der Waals surface area contributed by atoms with E-state index >= 15 is 0 Å². The highest BCUT2D eigenvalue weighted by molar-refractivity contribution is 5.86. The summed E-state index contributed by atoms with van der Waals surface area (Å²) >= 11 is 0. The van der Waals surface area contributed by atoms with Gasteiger partial charge in [0.25, 0.3) is 5.83 Å². The number of alkyl halides is 7. The number of hydrogen-bond donors (Lipinski definition) is 0. The monoisotopic (exact) mass is 330 g/mol. The van der Waals surface area contributed by atoms with Gasteiger partial charge in [-0.1, -0.05) is 0 Å². The Balaban J connectivity index is 5.97.